The Morgan fingerprint density at radius 1 is 0.794 bits per heavy atom. The molecule has 0 bridgehead atoms. The number of rotatable bonds is 7. The molecular weight excluding hydrogens is 450 g/mol. The zero-order chi connectivity index (χ0) is 25.0. The highest BCUT2D eigenvalue weighted by molar-refractivity contribution is 6.13. The third kappa shape index (κ3) is 4.84. The van der Waals surface area contributed by atoms with Gasteiger partial charge in [-0.2, -0.15) is 0 Å². The first-order chi connectivity index (χ1) is 16.2. The number of anilines is 1. The van der Waals surface area contributed by atoms with E-state index in [2.05, 4.69) is 10.7 Å². The Balaban J connectivity index is 2.04. The van der Waals surface area contributed by atoms with E-state index in [1.54, 1.807) is 0 Å². The first-order valence-corrected chi connectivity index (χ1v) is 9.56. The molecule has 0 unspecified atom stereocenters. The van der Waals surface area contributed by atoms with E-state index in [-0.39, 0.29) is 28.1 Å². The van der Waals surface area contributed by atoms with Crippen LogP contribution in [-0.4, -0.2) is 28.1 Å². The van der Waals surface area contributed by atoms with Crippen LogP contribution in [0.3, 0.4) is 0 Å². The molecule has 0 aromatic heterocycles. The maximum atomic E-state index is 13.6. The van der Waals surface area contributed by atoms with Crippen LogP contribution in [0.5, 0.6) is 0 Å². The van der Waals surface area contributed by atoms with Crippen LogP contribution in [0.15, 0.2) is 60.8 Å². The van der Waals surface area contributed by atoms with Crippen molar-refractivity contribution in [1.82, 2.24) is 5.43 Å². The van der Waals surface area contributed by atoms with Gasteiger partial charge >= 0.3 is 11.9 Å². The molecular formula is C23H18F2N4O5. The molecule has 0 aliphatic carbocycles. The van der Waals surface area contributed by atoms with Gasteiger partial charge in [-0.1, -0.05) is 18.2 Å². The number of carbonyl (C=O) groups excluding carboxylic acids is 1. The van der Waals surface area contributed by atoms with E-state index >= 15 is 0 Å². The average molecular weight is 468 g/mol. The fraction of sp³-hybridized carbons (Fsp3) is 0. The lowest BCUT2D eigenvalue weighted by atomic mass is 10.00. The van der Waals surface area contributed by atoms with Crippen molar-refractivity contribution in [1.29, 1.82) is 0 Å². The molecule has 0 spiro atoms. The predicted molar refractivity (Wildman–Crippen MR) is 120 cm³/mol. The van der Waals surface area contributed by atoms with Gasteiger partial charge in [-0.15, -0.1) is 0 Å². The van der Waals surface area contributed by atoms with Crippen molar-refractivity contribution in [2.45, 2.75) is 0 Å². The summed E-state index contributed by atoms with van der Waals surface area (Å²) in [5, 5.41) is 21.5. The standard InChI is InChI=1S/C23H18F2N4O5/c24-17-6-3-11(8-18(17)25)12-1-5-15(22(31)32)19(9-12)28-21(30)14-4-2-13(20(10-26)29-27)7-16(14)23(33)34/h1-10,29H,26-27H2,(H,28,30)(H,31,32)(H,33,34)/b20-10-. The van der Waals surface area contributed by atoms with E-state index in [1.165, 1.54) is 42.5 Å². The molecule has 3 aromatic rings. The summed E-state index contributed by atoms with van der Waals surface area (Å²) in [6.45, 7) is 0. The Labute approximate surface area is 191 Å². The van der Waals surface area contributed by atoms with Gasteiger partial charge in [0.05, 0.1) is 28.1 Å². The van der Waals surface area contributed by atoms with Crippen molar-refractivity contribution in [3.63, 3.8) is 0 Å². The van der Waals surface area contributed by atoms with E-state index in [1.807, 2.05) is 0 Å². The van der Waals surface area contributed by atoms with Gasteiger partial charge in [0.15, 0.2) is 11.6 Å². The number of nitrogens with one attached hydrogen (secondary N) is 2. The number of nitrogens with two attached hydrogens (primary N) is 2. The first kappa shape index (κ1) is 23.9. The summed E-state index contributed by atoms with van der Waals surface area (Å²) in [6, 6.07) is 10.7. The SMILES string of the molecule is N/C=C(\NN)c1ccc(C(=O)Nc2cc(-c3ccc(F)c(F)c3)ccc2C(=O)O)c(C(=O)O)c1. The van der Waals surface area contributed by atoms with Crippen molar-refractivity contribution in [3.05, 3.63) is 94.7 Å². The number of carboxylic acid groups (broad SMARTS) is 2. The summed E-state index contributed by atoms with van der Waals surface area (Å²) in [7, 11) is 0. The number of carbonyl (C=O) groups is 3. The number of benzene rings is 3. The number of aromatic carboxylic acids is 2. The van der Waals surface area contributed by atoms with Crippen molar-refractivity contribution in [2.24, 2.45) is 11.6 Å². The van der Waals surface area contributed by atoms with Gasteiger partial charge in [-0.05, 0) is 47.5 Å². The van der Waals surface area contributed by atoms with Crippen LogP contribution in [0.25, 0.3) is 16.8 Å². The average Bonchev–Trinajstić information content (AvgIpc) is 2.81. The molecule has 0 radical (unpaired) electrons. The van der Waals surface area contributed by atoms with Crippen molar-refractivity contribution in [3.8, 4) is 11.1 Å². The molecule has 0 heterocycles. The Bertz CT molecular complexity index is 1340. The summed E-state index contributed by atoms with van der Waals surface area (Å²) in [5.74, 6) is -0.514. The van der Waals surface area contributed by atoms with Gasteiger partial charge in [0.2, 0.25) is 0 Å². The molecule has 0 saturated carbocycles. The van der Waals surface area contributed by atoms with Crippen molar-refractivity contribution in [2.75, 3.05) is 5.32 Å². The molecule has 3 rings (SSSR count). The third-order valence-electron chi connectivity index (χ3n) is 4.88. The maximum Gasteiger partial charge on any atom is 0.337 e. The van der Waals surface area contributed by atoms with Crippen LogP contribution in [-0.2, 0) is 0 Å². The van der Waals surface area contributed by atoms with Gasteiger partial charge in [-0.25, -0.2) is 18.4 Å². The normalized spacial score (nSPS) is 11.1. The monoisotopic (exact) mass is 468 g/mol. The fourth-order valence-electron chi connectivity index (χ4n) is 3.19. The summed E-state index contributed by atoms with van der Waals surface area (Å²) in [5.41, 5.74) is 7.64. The highest BCUT2D eigenvalue weighted by Crippen LogP contribution is 2.28. The molecule has 174 valence electrons. The zero-order valence-electron chi connectivity index (χ0n) is 17.3. The van der Waals surface area contributed by atoms with E-state index in [0.29, 0.717) is 11.1 Å². The molecule has 1 amide bonds. The van der Waals surface area contributed by atoms with Gasteiger partial charge in [0, 0.05) is 11.8 Å². The minimum Gasteiger partial charge on any atom is -0.478 e. The molecule has 3 aromatic carbocycles. The smallest absolute Gasteiger partial charge is 0.337 e. The third-order valence-corrected chi connectivity index (χ3v) is 4.88. The summed E-state index contributed by atoms with van der Waals surface area (Å²) in [4.78, 5) is 36.3. The Kier molecular flexibility index (Phi) is 6.88. The van der Waals surface area contributed by atoms with Crippen LogP contribution in [0.2, 0.25) is 0 Å². The molecule has 8 N–H and O–H groups in total. The Hall–Kier alpha value is -4.77. The number of carboxylic acids is 2. The lowest BCUT2D eigenvalue weighted by Crippen LogP contribution is -2.22. The van der Waals surface area contributed by atoms with Crippen LogP contribution < -0.4 is 22.3 Å². The minimum absolute atomic E-state index is 0.175. The molecule has 11 heteroatoms. The number of halogens is 2. The largest absolute Gasteiger partial charge is 0.478 e. The van der Waals surface area contributed by atoms with Crippen molar-refractivity contribution >= 4 is 29.2 Å². The second-order valence-corrected chi connectivity index (χ2v) is 6.94. The number of amides is 1. The van der Waals surface area contributed by atoms with E-state index < -0.39 is 35.0 Å². The van der Waals surface area contributed by atoms with Gasteiger partial charge in [-0.3, -0.25) is 10.6 Å². The highest BCUT2D eigenvalue weighted by atomic mass is 19.2. The second kappa shape index (κ2) is 9.79. The fourth-order valence-corrected chi connectivity index (χ4v) is 3.19. The molecule has 0 saturated heterocycles. The summed E-state index contributed by atoms with van der Waals surface area (Å²) < 4.78 is 26.9. The Morgan fingerprint density at radius 2 is 1.41 bits per heavy atom. The highest BCUT2D eigenvalue weighted by Gasteiger charge is 2.21. The minimum atomic E-state index is -1.42. The summed E-state index contributed by atoms with van der Waals surface area (Å²) >= 11 is 0. The molecule has 0 aliphatic rings. The van der Waals surface area contributed by atoms with Gasteiger partial charge in [0.1, 0.15) is 0 Å². The van der Waals surface area contributed by atoms with Gasteiger partial charge in [0.25, 0.3) is 5.91 Å². The summed E-state index contributed by atoms with van der Waals surface area (Å²) in [6.07, 6.45) is 1.11. The molecule has 0 fully saturated rings. The molecule has 34 heavy (non-hydrogen) atoms. The number of hydrazine groups is 1. The quantitative estimate of drug-likeness (QED) is 0.227. The van der Waals surface area contributed by atoms with E-state index in [0.717, 1.165) is 18.3 Å². The first-order valence-electron chi connectivity index (χ1n) is 9.56. The lowest BCUT2D eigenvalue weighted by molar-refractivity contribution is 0.0684. The molecule has 9 nitrogen and oxygen atoms in total. The van der Waals surface area contributed by atoms with Crippen LogP contribution in [0.4, 0.5) is 14.5 Å². The molecule has 0 atom stereocenters. The van der Waals surface area contributed by atoms with Crippen molar-refractivity contribution < 1.29 is 33.4 Å². The van der Waals surface area contributed by atoms with Crippen LogP contribution in [0, 0.1) is 11.6 Å². The zero-order valence-corrected chi connectivity index (χ0v) is 17.3. The maximum absolute atomic E-state index is 13.6. The van der Waals surface area contributed by atoms with Crippen LogP contribution >= 0.6 is 0 Å². The van der Waals surface area contributed by atoms with E-state index in [9.17, 15) is 33.4 Å². The van der Waals surface area contributed by atoms with Gasteiger partial charge < -0.3 is 26.7 Å². The molecule has 0 aliphatic heterocycles. The number of hydrogen-bond acceptors (Lipinski definition) is 6. The Morgan fingerprint density at radius 3 is 2.00 bits per heavy atom. The van der Waals surface area contributed by atoms with E-state index in [4.69, 9.17) is 11.6 Å². The lowest BCUT2D eigenvalue weighted by Gasteiger charge is -2.14. The predicted octanol–water partition coefficient (Wildman–Crippen LogP) is 3.00. The van der Waals surface area contributed by atoms with Crippen LogP contribution in [0.1, 0.15) is 36.6 Å². The number of hydrogen-bond donors (Lipinski definition) is 6. The second-order valence-electron chi connectivity index (χ2n) is 6.94. The topological polar surface area (TPSA) is 168 Å².